The minimum absolute atomic E-state index is 0.00676. The fourth-order valence-electron chi connectivity index (χ4n) is 3.71. The van der Waals surface area contributed by atoms with Crippen LogP contribution < -0.4 is 0 Å². The molecule has 0 bridgehead atoms. The van der Waals surface area contributed by atoms with E-state index >= 15 is 0 Å². The third-order valence-electron chi connectivity index (χ3n) is 5.03. The molecule has 0 aromatic heterocycles. The summed E-state index contributed by atoms with van der Waals surface area (Å²) >= 11 is 0. The number of terminal acetylenes is 1. The van der Waals surface area contributed by atoms with Gasteiger partial charge in [-0.2, -0.15) is 0 Å². The Bertz CT molecular complexity index is 516. The Balaban J connectivity index is 2.37. The summed E-state index contributed by atoms with van der Waals surface area (Å²) in [5.41, 5.74) is 0. The monoisotopic (exact) mass is 440 g/mol. The molecule has 0 amide bonds. The first-order chi connectivity index (χ1) is 13.5. The molecule has 1 fully saturated rings. The second-order valence-electron chi connectivity index (χ2n) is 10.4. The van der Waals surface area contributed by atoms with Crippen molar-refractivity contribution in [2.45, 2.75) is 116 Å². The molecule has 0 saturated carbocycles. The summed E-state index contributed by atoms with van der Waals surface area (Å²) in [5.74, 6) is 2.61. The van der Waals surface area contributed by atoms with Gasteiger partial charge in [0.1, 0.15) is 6.10 Å². The number of rotatable bonds is 15. The van der Waals surface area contributed by atoms with E-state index in [-0.39, 0.29) is 24.1 Å². The van der Waals surface area contributed by atoms with Gasteiger partial charge in [-0.3, -0.25) is 4.79 Å². The molecule has 1 aliphatic heterocycles. The minimum atomic E-state index is -1.70. The van der Waals surface area contributed by atoms with Gasteiger partial charge in [0.05, 0.1) is 18.6 Å². The second-order valence-corrected chi connectivity index (χ2v) is 19.3. The summed E-state index contributed by atoms with van der Waals surface area (Å²) in [6.45, 7) is 13.7. The lowest BCUT2D eigenvalue weighted by Gasteiger charge is -2.30. The van der Waals surface area contributed by atoms with Crippen molar-refractivity contribution in [1.29, 1.82) is 0 Å². The predicted molar refractivity (Wildman–Crippen MR) is 126 cm³/mol. The van der Waals surface area contributed by atoms with Crippen LogP contribution in [0.4, 0.5) is 0 Å². The summed E-state index contributed by atoms with van der Waals surface area (Å²) in [4.78, 5) is 12.4. The zero-order chi connectivity index (χ0) is 21.9. The highest BCUT2D eigenvalue weighted by Crippen LogP contribution is 2.30. The average molecular weight is 441 g/mol. The number of esters is 1. The van der Waals surface area contributed by atoms with E-state index in [1.54, 1.807) is 0 Å². The Hall–Kier alpha value is -0.616. The van der Waals surface area contributed by atoms with Crippen molar-refractivity contribution in [3.63, 3.8) is 0 Å². The highest BCUT2D eigenvalue weighted by Gasteiger charge is 2.37. The van der Waals surface area contributed by atoms with Crippen molar-refractivity contribution in [2.75, 3.05) is 6.61 Å². The van der Waals surface area contributed by atoms with E-state index in [1.807, 2.05) is 0 Å². The number of carbonyl (C=O) groups is 1. The molecule has 168 valence electrons. The number of carbonyl (C=O) groups excluding carboxylic acids is 1. The predicted octanol–water partition coefficient (Wildman–Crippen LogP) is 6.13. The molecule has 1 saturated heterocycles. The summed E-state index contributed by atoms with van der Waals surface area (Å²) < 4.78 is 18.1. The first kappa shape index (κ1) is 26.4. The van der Waals surface area contributed by atoms with Gasteiger partial charge in [-0.05, 0) is 71.4 Å². The van der Waals surface area contributed by atoms with Crippen LogP contribution in [0, 0.1) is 18.3 Å². The Kier molecular flexibility index (Phi) is 11.8. The van der Waals surface area contributed by atoms with E-state index in [0.717, 1.165) is 38.5 Å². The molecule has 0 aliphatic carbocycles. The SMILES string of the molecule is C#CCCCCCCCC[C@H]1C[C@H](C[C@H](CO[Si](C)(C)C)O[Si](C)(C)C)C(=O)O1. The van der Waals surface area contributed by atoms with Crippen molar-refractivity contribution in [3.05, 3.63) is 0 Å². The van der Waals surface area contributed by atoms with Crippen LogP contribution in [0.1, 0.15) is 64.2 Å². The van der Waals surface area contributed by atoms with Crippen molar-refractivity contribution >= 4 is 22.6 Å². The van der Waals surface area contributed by atoms with Crippen molar-refractivity contribution in [2.24, 2.45) is 5.92 Å². The number of hydrogen-bond donors (Lipinski definition) is 0. The molecule has 0 N–H and O–H groups in total. The maximum atomic E-state index is 12.4. The molecule has 1 rings (SSSR count). The second kappa shape index (κ2) is 12.9. The zero-order valence-corrected chi connectivity index (χ0v) is 21.7. The van der Waals surface area contributed by atoms with Gasteiger partial charge in [0.25, 0.3) is 0 Å². The van der Waals surface area contributed by atoms with Crippen LogP contribution in [0.2, 0.25) is 39.3 Å². The first-order valence-corrected chi connectivity index (χ1v) is 18.3. The minimum Gasteiger partial charge on any atom is -0.462 e. The van der Waals surface area contributed by atoms with Crippen molar-refractivity contribution in [1.82, 2.24) is 0 Å². The van der Waals surface area contributed by atoms with Gasteiger partial charge in [0, 0.05) is 6.42 Å². The summed E-state index contributed by atoms with van der Waals surface area (Å²) in [6.07, 6.45) is 16.0. The molecular weight excluding hydrogens is 396 g/mol. The topological polar surface area (TPSA) is 44.8 Å². The van der Waals surface area contributed by atoms with E-state index in [1.165, 1.54) is 25.7 Å². The lowest BCUT2D eigenvalue weighted by Crippen LogP contribution is -2.39. The molecule has 0 unspecified atom stereocenters. The van der Waals surface area contributed by atoms with Gasteiger partial charge in [0.15, 0.2) is 16.6 Å². The zero-order valence-electron chi connectivity index (χ0n) is 19.7. The van der Waals surface area contributed by atoms with Gasteiger partial charge in [-0.1, -0.05) is 25.7 Å². The van der Waals surface area contributed by atoms with Crippen LogP contribution in [-0.4, -0.2) is 41.4 Å². The van der Waals surface area contributed by atoms with Crippen LogP contribution >= 0.6 is 0 Å². The lowest BCUT2D eigenvalue weighted by molar-refractivity contribution is -0.145. The van der Waals surface area contributed by atoms with Crippen LogP contribution in [0.25, 0.3) is 0 Å². The van der Waals surface area contributed by atoms with Gasteiger partial charge in [0.2, 0.25) is 0 Å². The highest BCUT2D eigenvalue weighted by atomic mass is 28.4. The van der Waals surface area contributed by atoms with Gasteiger partial charge in [-0.25, -0.2) is 0 Å². The lowest BCUT2D eigenvalue weighted by atomic mass is 9.96. The molecule has 0 spiro atoms. The third kappa shape index (κ3) is 13.3. The smallest absolute Gasteiger partial charge is 0.309 e. The van der Waals surface area contributed by atoms with Gasteiger partial charge >= 0.3 is 5.97 Å². The van der Waals surface area contributed by atoms with E-state index < -0.39 is 16.6 Å². The fourth-order valence-corrected chi connectivity index (χ4v) is 5.56. The number of unbranched alkanes of at least 4 members (excludes halogenated alkanes) is 6. The summed E-state index contributed by atoms with van der Waals surface area (Å²) in [7, 11) is -3.31. The first-order valence-electron chi connectivity index (χ1n) is 11.5. The van der Waals surface area contributed by atoms with E-state index in [2.05, 4.69) is 45.2 Å². The van der Waals surface area contributed by atoms with Crippen molar-refractivity contribution < 1.29 is 18.4 Å². The van der Waals surface area contributed by atoms with Crippen molar-refractivity contribution in [3.8, 4) is 12.3 Å². The fraction of sp³-hybridized carbons (Fsp3) is 0.870. The molecular formula is C23H44O4Si2. The molecule has 0 aromatic carbocycles. The standard InChI is InChI=1S/C23H44O4Si2/c1-8-9-10-11-12-13-14-15-16-21-17-20(23(24)26-21)18-22(27-29(5,6)7)19-25-28(2,3)4/h1,20-22H,9-19H2,2-7H3/t20-,21+,22-/m1/s1. The molecule has 0 aromatic rings. The van der Waals surface area contributed by atoms with Crippen LogP contribution in [0.15, 0.2) is 0 Å². The molecule has 0 radical (unpaired) electrons. The number of cyclic esters (lactones) is 1. The van der Waals surface area contributed by atoms with Gasteiger partial charge in [-0.15, -0.1) is 12.3 Å². The molecule has 1 aliphatic rings. The van der Waals surface area contributed by atoms with E-state index in [4.69, 9.17) is 20.0 Å². The quantitative estimate of drug-likeness (QED) is 0.133. The molecule has 29 heavy (non-hydrogen) atoms. The highest BCUT2D eigenvalue weighted by molar-refractivity contribution is 6.70. The maximum absolute atomic E-state index is 12.4. The summed E-state index contributed by atoms with van der Waals surface area (Å²) in [6, 6.07) is 0. The Morgan fingerprint density at radius 2 is 1.66 bits per heavy atom. The Morgan fingerprint density at radius 3 is 2.24 bits per heavy atom. The Morgan fingerprint density at radius 1 is 1.03 bits per heavy atom. The maximum Gasteiger partial charge on any atom is 0.309 e. The molecule has 1 heterocycles. The molecule has 3 atom stereocenters. The van der Waals surface area contributed by atoms with E-state index in [9.17, 15) is 4.79 Å². The van der Waals surface area contributed by atoms with E-state index in [0.29, 0.717) is 6.61 Å². The van der Waals surface area contributed by atoms with Crippen LogP contribution in [-0.2, 0) is 18.4 Å². The largest absolute Gasteiger partial charge is 0.462 e. The molecule has 6 heteroatoms. The van der Waals surface area contributed by atoms with Gasteiger partial charge < -0.3 is 13.6 Å². The summed E-state index contributed by atoms with van der Waals surface area (Å²) in [5, 5.41) is 0. The third-order valence-corrected chi connectivity index (χ3v) is 7.10. The Labute approximate surface area is 181 Å². The normalized spacial score (nSPS) is 21.1. The van der Waals surface area contributed by atoms with Crippen LogP contribution in [0.3, 0.4) is 0 Å². The number of hydrogen-bond acceptors (Lipinski definition) is 4. The average Bonchev–Trinajstić information content (AvgIpc) is 2.93. The van der Waals surface area contributed by atoms with Crippen LogP contribution in [0.5, 0.6) is 0 Å². The molecule has 4 nitrogen and oxygen atoms in total. The number of ether oxygens (including phenoxy) is 1.